The van der Waals surface area contributed by atoms with E-state index in [0.717, 1.165) is 91.7 Å². The van der Waals surface area contributed by atoms with Crippen LogP contribution in [0.15, 0.2) is 42.5 Å². The summed E-state index contributed by atoms with van der Waals surface area (Å²) in [5, 5.41) is 13.0. The Morgan fingerprint density at radius 1 is 0.639 bits per heavy atom. The second-order valence-electron chi connectivity index (χ2n) is 17.2. The van der Waals surface area contributed by atoms with Crippen molar-refractivity contribution in [3.63, 3.8) is 0 Å². The molecule has 0 atom stereocenters. The van der Waals surface area contributed by atoms with Crippen molar-refractivity contribution in [2.75, 3.05) is 23.7 Å². The van der Waals surface area contributed by atoms with Gasteiger partial charge in [0.1, 0.15) is 22.7 Å². The van der Waals surface area contributed by atoms with Gasteiger partial charge in [-0.05, 0) is 73.6 Å². The summed E-state index contributed by atoms with van der Waals surface area (Å²) in [6.07, 6.45) is 2.07. The van der Waals surface area contributed by atoms with Crippen molar-refractivity contribution in [3.05, 3.63) is 81.4 Å². The molecule has 6 N–H and O–H groups in total. The van der Waals surface area contributed by atoms with Crippen LogP contribution < -0.4 is 21.3 Å². The zero-order valence-electron chi connectivity index (χ0n) is 35.4. The maximum absolute atomic E-state index is 12.2. The molecule has 0 spiro atoms. The van der Waals surface area contributed by atoms with Crippen LogP contribution in [0, 0.1) is 13.8 Å². The zero-order chi connectivity index (χ0) is 44.0. The highest BCUT2D eigenvalue weighted by Gasteiger charge is 2.28. The molecule has 9 rings (SSSR count). The van der Waals surface area contributed by atoms with Gasteiger partial charge in [0.05, 0.1) is 44.3 Å². The first-order chi connectivity index (χ1) is 28.8. The molecular formula is C44H49Cl2N11O4. The lowest BCUT2D eigenvalue weighted by Crippen LogP contribution is -2.31. The standard InChI is InChI=1S/C20H22ClN5O.C20H23N5O.C4H4ClNO2/c1-10-18(26-20(2,3)4)25-16-11(6-5-7-13(16)23-10)17-15(21)14-12(24-17)8-9-22-19(14)27;1-11-18(25-20(2,3)4)24-17-12(6-5-7-15(17)22-11)16-10-13-14(23-16)8-9-21-19(13)26;5-6-3(7)1-2-4(6)8/h5-7,24H,8-9H2,1-4H3,(H,22,27)(H,25,26);5-7,10,23H,8-9H2,1-4H3,(H,21,26)(H,24,25);1-2H2. The van der Waals surface area contributed by atoms with E-state index in [1.54, 1.807) is 0 Å². The summed E-state index contributed by atoms with van der Waals surface area (Å²) in [6.45, 7) is 17.7. The van der Waals surface area contributed by atoms with Gasteiger partial charge in [-0.1, -0.05) is 35.9 Å². The van der Waals surface area contributed by atoms with Crippen LogP contribution in [0.3, 0.4) is 0 Å². The number of aromatic nitrogens is 6. The molecule has 1 saturated heterocycles. The number of para-hydroxylation sites is 2. The van der Waals surface area contributed by atoms with E-state index in [1.165, 1.54) is 0 Å². The van der Waals surface area contributed by atoms with Crippen LogP contribution in [0.2, 0.25) is 5.02 Å². The number of H-pyrrole nitrogens is 2. The first kappa shape index (κ1) is 43.0. The average Bonchev–Trinajstić information content (AvgIpc) is 3.87. The number of nitrogens with zero attached hydrogens (tertiary/aromatic N) is 5. The molecule has 2 aromatic carbocycles. The maximum Gasteiger partial charge on any atom is 0.254 e. The Labute approximate surface area is 363 Å². The maximum atomic E-state index is 12.2. The summed E-state index contributed by atoms with van der Waals surface area (Å²) in [6, 6.07) is 13.7. The minimum Gasteiger partial charge on any atom is -0.364 e. The first-order valence-electron chi connectivity index (χ1n) is 20.1. The number of hydrogen-bond donors (Lipinski definition) is 6. The van der Waals surface area contributed by atoms with E-state index in [9.17, 15) is 19.2 Å². The van der Waals surface area contributed by atoms with Gasteiger partial charge in [-0.15, -0.1) is 0 Å². The number of anilines is 2. The molecular weight excluding hydrogens is 817 g/mol. The van der Waals surface area contributed by atoms with Crippen molar-refractivity contribution in [2.45, 2.75) is 92.2 Å². The van der Waals surface area contributed by atoms with Gasteiger partial charge < -0.3 is 31.2 Å². The Bertz CT molecular complexity index is 2710. The van der Waals surface area contributed by atoms with E-state index in [-0.39, 0.29) is 47.5 Å². The van der Waals surface area contributed by atoms with E-state index in [0.29, 0.717) is 33.8 Å². The van der Waals surface area contributed by atoms with Crippen LogP contribution in [-0.4, -0.2) is 82.1 Å². The second-order valence-corrected chi connectivity index (χ2v) is 18.0. The van der Waals surface area contributed by atoms with Crippen molar-refractivity contribution < 1.29 is 19.2 Å². The van der Waals surface area contributed by atoms with Crippen LogP contribution in [0.4, 0.5) is 11.6 Å². The van der Waals surface area contributed by atoms with Crippen LogP contribution in [0.1, 0.15) is 97.9 Å². The fourth-order valence-electron chi connectivity index (χ4n) is 7.21. The van der Waals surface area contributed by atoms with Gasteiger partial charge in [0.15, 0.2) is 0 Å². The number of imide groups is 1. The van der Waals surface area contributed by atoms with Crippen LogP contribution in [0.5, 0.6) is 0 Å². The molecule has 1 fully saturated rings. The number of fused-ring (bicyclic) bond motifs is 4. The number of nitrogens with one attached hydrogen (secondary N) is 6. The third kappa shape index (κ3) is 9.32. The molecule has 3 aliphatic rings. The van der Waals surface area contributed by atoms with Gasteiger partial charge in [0, 0.05) is 89.8 Å². The Morgan fingerprint density at radius 2 is 1.15 bits per heavy atom. The fraction of sp³-hybridized carbons (Fsp3) is 0.364. The Morgan fingerprint density at radius 3 is 1.64 bits per heavy atom. The molecule has 6 aromatic rings. The Balaban J connectivity index is 0.000000156. The number of aryl methyl sites for hydroxylation is 2. The van der Waals surface area contributed by atoms with Crippen molar-refractivity contribution in [2.24, 2.45) is 0 Å². The predicted molar refractivity (Wildman–Crippen MR) is 239 cm³/mol. The predicted octanol–water partition coefficient (Wildman–Crippen LogP) is 7.80. The molecule has 15 nitrogen and oxygen atoms in total. The lowest BCUT2D eigenvalue weighted by atomic mass is 10.1. The normalized spacial score (nSPS) is 15.0. The van der Waals surface area contributed by atoms with E-state index >= 15 is 0 Å². The number of halogens is 2. The SMILES string of the molecule is Cc1nc2cccc(-c3[nH]c4c(c3Cl)C(=O)NCC4)c2nc1NC(C)(C)C.Cc1nc2cccc(-c3cc4c([nH]3)CCNC4=O)c2nc1NC(C)(C)C.O=C1CCC(=O)N1Cl. The number of rotatable bonds is 4. The molecule has 7 heterocycles. The highest BCUT2D eigenvalue weighted by molar-refractivity contribution is 6.37. The molecule has 4 aromatic heterocycles. The zero-order valence-corrected chi connectivity index (χ0v) is 36.9. The summed E-state index contributed by atoms with van der Waals surface area (Å²) < 4.78 is 0.639. The highest BCUT2D eigenvalue weighted by atomic mass is 35.5. The number of aromatic amines is 2. The minimum atomic E-state index is -0.295. The third-order valence-electron chi connectivity index (χ3n) is 9.98. The number of carbonyl (C=O) groups is 4. The molecule has 0 bridgehead atoms. The highest BCUT2D eigenvalue weighted by Crippen LogP contribution is 2.37. The van der Waals surface area contributed by atoms with Crippen LogP contribution >= 0.6 is 23.4 Å². The molecule has 61 heavy (non-hydrogen) atoms. The fourth-order valence-corrected chi connectivity index (χ4v) is 7.73. The van der Waals surface area contributed by atoms with E-state index in [4.69, 9.17) is 43.3 Å². The van der Waals surface area contributed by atoms with Crippen LogP contribution in [0.25, 0.3) is 44.6 Å². The summed E-state index contributed by atoms with van der Waals surface area (Å²) in [5.41, 5.74) is 11.2. The number of amides is 4. The van der Waals surface area contributed by atoms with Gasteiger partial charge in [0.25, 0.3) is 11.8 Å². The third-order valence-corrected chi connectivity index (χ3v) is 10.7. The van der Waals surface area contributed by atoms with Gasteiger partial charge in [-0.25, -0.2) is 19.9 Å². The molecule has 0 unspecified atom stereocenters. The lowest BCUT2D eigenvalue weighted by molar-refractivity contribution is -0.132. The van der Waals surface area contributed by atoms with Gasteiger partial charge in [-0.2, -0.15) is 4.42 Å². The van der Waals surface area contributed by atoms with Crippen molar-refractivity contribution in [3.8, 4) is 22.5 Å². The van der Waals surface area contributed by atoms with Crippen molar-refractivity contribution >= 4 is 80.7 Å². The number of hydrogen-bond acceptors (Lipinski definition) is 10. The smallest absolute Gasteiger partial charge is 0.254 e. The summed E-state index contributed by atoms with van der Waals surface area (Å²) in [4.78, 5) is 70.9. The minimum absolute atomic E-state index is 0.0222. The molecule has 0 radical (unpaired) electrons. The van der Waals surface area contributed by atoms with Crippen molar-refractivity contribution in [1.29, 1.82) is 0 Å². The van der Waals surface area contributed by atoms with Crippen LogP contribution in [-0.2, 0) is 22.4 Å². The molecule has 0 aliphatic carbocycles. The number of benzene rings is 2. The molecule has 4 amide bonds. The van der Waals surface area contributed by atoms with Crippen molar-refractivity contribution in [1.82, 2.24) is 45.0 Å². The van der Waals surface area contributed by atoms with Gasteiger partial charge in [-0.3, -0.25) is 19.2 Å². The summed E-state index contributed by atoms with van der Waals surface area (Å²) in [5.74, 6) is 0.777. The van der Waals surface area contributed by atoms with E-state index in [2.05, 4.69) is 72.8 Å². The van der Waals surface area contributed by atoms with Gasteiger partial charge >= 0.3 is 0 Å². The second kappa shape index (κ2) is 16.8. The molecule has 3 aliphatic heterocycles. The lowest BCUT2D eigenvalue weighted by Gasteiger charge is -2.22. The summed E-state index contributed by atoms with van der Waals surface area (Å²) in [7, 11) is 0. The number of carbonyl (C=O) groups excluding carboxylic acids is 4. The Hall–Kier alpha value is -6.06. The average molecular weight is 867 g/mol. The largest absolute Gasteiger partial charge is 0.364 e. The topological polar surface area (TPSA) is 203 Å². The van der Waals surface area contributed by atoms with Gasteiger partial charge in [0.2, 0.25) is 11.8 Å². The first-order valence-corrected chi connectivity index (χ1v) is 20.8. The molecule has 318 valence electrons. The van der Waals surface area contributed by atoms with E-state index < -0.39 is 0 Å². The quantitative estimate of drug-likeness (QED) is 0.0750. The molecule has 17 heteroatoms. The molecule has 0 saturated carbocycles. The Kier molecular flexibility index (Phi) is 11.8. The monoisotopic (exact) mass is 865 g/mol. The summed E-state index contributed by atoms with van der Waals surface area (Å²) >= 11 is 11.7. The van der Waals surface area contributed by atoms with E-state index in [1.807, 2.05) is 56.3 Å².